The summed E-state index contributed by atoms with van der Waals surface area (Å²) in [5, 5.41) is 0. The Hall–Kier alpha value is -2.15. The average molecular weight is 351 g/mol. The predicted octanol–water partition coefficient (Wildman–Crippen LogP) is 3.85. The van der Waals surface area contributed by atoms with Crippen molar-refractivity contribution in [3.8, 4) is 6.01 Å². The second kappa shape index (κ2) is 7.39. The third-order valence-electron chi connectivity index (χ3n) is 4.22. The summed E-state index contributed by atoms with van der Waals surface area (Å²) in [5.41, 5.74) is 1.52. The molecule has 0 amide bonds. The maximum absolute atomic E-state index is 12.7. The van der Waals surface area contributed by atoms with E-state index >= 15 is 0 Å². The van der Waals surface area contributed by atoms with Crippen LogP contribution in [0.4, 0.5) is 13.2 Å². The van der Waals surface area contributed by atoms with Crippen molar-refractivity contribution in [1.82, 2.24) is 14.9 Å². The molecule has 1 aromatic carbocycles. The Balaban J connectivity index is 1.53. The number of benzene rings is 1. The molecule has 134 valence electrons. The fraction of sp³-hybridized carbons (Fsp3) is 0.444. The number of aryl methyl sites for hydroxylation is 1. The summed E-state index contributed by atoms with van der Waals surface area (Å²) in [7, 11) is 0. The first-order valence-electron chi connectivity index (χ1n) is 8.25. The number of hydrogen-bond acceptors (Lipinski definition) is 4. The minimum Gasteiger partial charge on any atom is -0.460 e. The number of alkyl halides is 3. The topological polar surface area (TPSA) is 38.2 Å². The van der Waals surface area contributed by atoms with Gasteiger partial charge in [-0.2, -0.15) is 18.2 Å². The molecular weight excluding hydrogens is 331 g/mol. The molecule has 1 saturated heterocycles. The molecule has 0 spiro atoms. The summed E-state index contributed by atoms with van der Waals surface area (Å²) in [6, 6.07) is 9.03. The molecule has 25 heavy (non-hydrogen) atoms. The monoisotopic (exact) mass is 351 g/mol. The normalized spacial score (nSPS) is 16.8. The molecule has 4 nitrogen and oxygen atoms in total. The second-order valence-corrected chi connectivity index (χ2v) is 6.30. The van der Waals surface area contributed by atoms with Crippen molar-refractivity contribution < 1.29 is 17.9 Å². The van der Waals surface area contributed by atoms with Crippen LogP contribution in [0.1, 0.15) is 29.7 Å². The van der Waals surface area contributed by atoms with Crippen molar-refractivity contribution in [2.24, 2.45) is 0 Å². The summed E-state index contributed by atoms with van der Waals surface area (Å²) in [6.45, 7) is 4.60. The lowest BCUT2D eigenvalue weighted by molar-refractivity contribution is -0.141. The standard InChI is InChI=1S/C18H20F3N3O/c1-13-3-2-4-14(11-13)12-24-9-6-15(7-10-24)25-17-22-8-5-16(23-17)18(19,20)21/h2-5,8,11,15H,6-7,9-10,12H2,1H3. The van der Waals surface area contributed by atoms with Gasteiger partial charge in [0.15, 0.2) is 5.69 Å². The Morgan fingerprint density at radius 2 is 1.96 bits per heavy atom. The van der Waals surface area contributed by atoms with Crippen molar-refractivity contribution in [3.05, 3.63) is 53.3 Å². The van der Waals surface area contributed by atoms with Gasteiger partial charge >= 0.3 is 12.2 Å². The molecule has 1 aromatic heterocycles. The summed E-state index contributed by atoms with van der Waals surface area (Å²) < 4.78 is 43.6. The molecule has 1 fully saturated rings. The molecule has 2 aromatic rings. The Morgan fingerprint density at radius 1 is 1.20 bits per heavy atom. The van der Waals surface area contributed by atoms with Gasteiger partial charge < -0.3 is 4.74 Å². The van der Waals surface area contributed by atoms with Crippen LogP contribution in [0.5, 0.6) is 6.01 Å². The van der Waals surface area contributed by atoms with Gasteiger partial charge in [0.25, 0.3) is 0 Å². The lowest BCUT2D eigenvalue weighted by Gasteiger charge is -2.31. The third-order valence-corrected chi connectivity index (χ3v) is 4.22. The number of likely N-dealkylation sites (tertiary alicyclic amines) is 1. The fourth-order valence-corrected chi connectivity index (χ4v) is 2.96. The molecule has 1 aliphatic heterocycles. The molecule has 7 heteroatoms. The molecule has 0 aliphatic carbocycles. The highest BCUT2D eigenvalue weighted by molar-refractivity contribution is 5.22. The highest BCUT2D eigenvalue weighted by Crippen LogP contribution is 2.28. The predicted molar refractivity (Wildman–Crippen MR) is 87.1 cm³/mol. The number of aromatic nitrogens is 2. The van der Waals surface area contributed by atoms with Gasteiger partial charge in [-0.05, 0) is 31.4 Å². The summed E-state index contributed by atoms with van der Waals surface area (Å²) >= 11 is 0. The van der Waals surface area contributed by atoms with E-state index in [2.05, 4.69) is 40.0 Å². The van der Waals surface area contributed by atoms with Crippen molar-refractivity contribution in [1.29, 1.82) is 0 Å². The minimum atomic E-state index is -4.49. The summed E-state index contributed by atoms with van der Waals surface area (Å²) in [5.74, 6) is 0. The first-order chi connectivity index (χ1) is 11.9. The van der Waals surface area contributed by atoms with Gasteiger partial charge in [-0.25, -0.2) is 4.98 Å². The lowest BCUT2D eigenvalue weighted by Crippen LogP contribution is -2.38. The van der Waals surface area contributed by atoms with Crippen molar-refractivity contribution in [3.63, 3.8) is 0 Å². The number of piperidine rings is 1. The fourth-order valence-electron chi connectivity index (χ4n) is 2.96. The SMILES string of the molecule is Cc1cccc(CN2CCC(Oc3nccc(C(F)(F)F)n3)CC2)c1. The van der Waals surface area contributed by atoms with E-state index in [9.17, 15) is 13.2 Å². The van der Waals surface area contributed by atoms with Crippen LogP contribution in [0, 0.1) is 6.92 Å². The zero-order valence-electron chi connectivity index (χ0n) is 14.0. The highest BCUT2D eigenvalue weighted by Gasteiger charge is 2.33. The molecule has 3 rings (SSSR count). The lowest BCUT2D eigenvalue weighted by atomic mass is 10.1. The molecule has 0 bridgehead atoms. The maximum Gasteiger partial charge on any atom is 0.433 e. The highest BCUT2D eigenvalue weighted by atomic mass is 19.4. The largest absolute Gasteiger partial charge is 0.460 e. The van der Waals surface area contributed by atoms with Crippen LogP contribution in [0.15, 0.2) is 36.5 Å². The Bertz CT molecular complexity index is 713. The van der Waals surface area contributed by atoms with E-state index in [-0.39, 0.29) is 12.1 Å². The first kappa shape index (κ1) is 17.7. The summed E-state index contributed by atoms with van der Waals surface area (Å²) in [6.07, 6.45) is -2.08. The van der Waals surface area contributed by atoms with Gasteiger partial charge in [0, 0.05) is 25.8 Å². The number of rotatable bonds is 4. The van der Waals surface area contributed by atoms with E-state index in [4.69, 9.17) is 4.74 Å². The number of halogens is 3. The molecule has 1 aliphatic rings. The van der Waals surface area contributed by atoms with Crippen LogP contribution in [0.25, 0.3) is 0 Å². The van der Waals surface area contributed by atoms with Gasteiger partial charge in [-0.1, -0.05) is 29.8 Å². The summed E-state index contributed by atoms with van der Waals surface area (Å²) in [4.78, 5) is 9.58. The van der Waals surface area contributed by atoms with Crippen LogP contribution in [0.2, 0.25) is 0 Å². The smallest absolute Gasteiger partial charge is 0.433 e. The third kappa shape index (κ3) is 4.92. The number of ether oxygens (including phenoxy) is 1. The Morgan fingerprint density at radius 3 is 2.64 bits per heavy atom. The van der Waals surface area contributed by atoms with Gasteiger partial charge in [0.05, 0.1) is 0 Å². The Labute approximate surface area is 144 Å². The van der Waals surface area contributed by atoms with Gasteiger partial charge in [-0.3, -0.25) is 4.90 Å². The zero-order valence-corrected chi connectivity index (χ0v) is 14.0. The van der Waals surface area contributed by atoms with Crippen molar-refractivity contribution >= 4 is 0 Å². The number of hydrogen-bond donors (Lipinski definition) is 0. The van der Waals surface area contributed by atoms with Gasteiger partial charge in [0.1, 0.15) is 6.10 Å². The van der Waals surface area contributed by atoms with Gasteiger partial charge in [0.2, 0.25) is 0 Å². The second-order valence-electron chi connectivity index (χ2n) is 6.30. The van der Waals surface area contributed by atoms with E-state index < -0.39 is 11.9 Å². The minimum absolute atomic E-state index is 0.155. The molecule has 2 heterocycles. The first-order valence-corrected chi connectivity index (χ1v) is 8.25. The van der Waals surface area contributed by atoms with E-state index in [0.29, 0.717) is 0 Å². The zero-order chi connectivity index (χ0) is 17.9. The maximum atomic E-state index is 12.7. The van der Waals surface area contributed by atoms with E-state index in [1.807, 2.05) is 6.07 Å². The van der Waals surface area contributed by atoms with E-state index in [1.54, 1.807) is 0 Å². The van der Waals surface area contributed by atoms with Crippen LogP contribution >= 0.6 is 0 Å². The molecule has 0 unspecified atom stereocenters. The molecule has 0 atom stereocenters. The van der Waals surface area contributed by atoms with Crippen LogP contribution in [-0.4, -0.2) is 34.1 Å². The molecular formula is C18H20F3N3O. The van der Waals surface area contributed by atoms with E-state index in [0.717, 1.165) is 44.7 Å². The molecule has 0 radical (unpaired) electrons. The molecule has 0 saturated carbocycles. The molecule has 0 N–H and O–H groups in total. The average Bonchev–Trinajstić information content (AvgIpc) is 2.56. The van der Waals surface area contributed by atoms with Crippen LogP contribution in [0.3, 0.4) is 0 Å². The van der Waals surface area contributed by atoms with Crippen molar-refractivity contribution in [2.75, 3.05) is 13.1 Å². The van der Waals surface area contributed by atoms with Gasteiger partial charge in [-0.15, -0.1) is 0 Å². The van der Waals surface area contributed by atoms with Crippen LogP contribution < -0.4 is 4.74 Å². The van der Waals surface area contributed by atoms with Crippen LogP contribution in [-0.2, 0) is 12.7 Å². The Kier molecular flexibility index (Phi) is 5.22. The van der Waals surface area contributed by atoms with Crippen molar-refractivity contribution in [2.45, 2.75) is 38.6 Å². The van der Waals surface area contributed by atoms with E-state index in [1.165, 1.54) is 11.1 Å². The number of nitrogens with zero attached hydrogens (tertiary/aromatic N) is 3. The quantitative estimate of drug-likeness (QED) is 0.839.